The molecule has 2 aromatic carbocycles. The van der Waals surface area contributed by atoms with Crippen LogP contribution in [0.15, 0.2) is 48.5 Å². The number of H-pyrrole nitrogens is 1. The van der Waals surface area contributed by atoms with Gasteiger partial charge in [-0.1, -0.05) is 24.3 Å². The van der Waals surface area contributed by atoms with Gasteiger partial charge in [0.2, 0.25) is 0 Å². The Morgan fingerprint density at radius 2 is 1.85 bits per heavy atom. The molecule has 4 rings (SSSR count). The fourth-order valence-corrected chi connectivity index (χ4v) is 3.66. The van der Waals surface area contributed by atoms with Crippen molar-refractivity contribution in [1.82, 2.24) is 14.8 Å². The summed E-state index contributed by atoms with van der Waals surface area (Å²) >= 11 is 0. The lowest BCUT2D eigenvalue weighted by atomic mass is 10.1. The van der Waals surface area contributed by atoms with Gasteiger partial charge in [-0.25, -0.2) is 0 Å². The lowest BCUT2D eigenvalue weighted by Crippen LogP contribution is -2.48. The molecule has 1 amide bonds. The van der Waals surface area contributed by atoms with Crippen LogP contribution in [0.2, 0.25) is 0 Å². The van der Waals surface area contributed by atoms with Crippen LogP contribution in [-0.2, 0) is 6.54 Å². The van der Waals surface area contributed by atoms with E-state index < -0.39 is 0 Å². The number of fused-ring (bicyclic) bond motifs is 1. The Morgan fingerprint density at radius 3 is 2.59 bits per heavy atom. The molecule has 1 aliphatic rings. The number of methoxy groups -OCH3 is 1. The Kier molecular flexibility index (Phi) is 4.86. The SMILES string of the molecule is COc1ccc2cc(C(=O)N3CCN(Cc4ccccc4C)CC3)[nH]c2c1. The Hall–Kier alpha value is -2.79. The number of piperazine rings is 1. The van der Waals surface area contributed by atoms with Crippen molar-refractivity contribution in [3.05, 3.63) is 65.4 Å². The summed E-state index contributed by atoms with van der Waals surface area (Å²) in [7, 11) is 1.65. The van der Waals surface area contributed by atoms with Crippen LogP contribution in [0.4, 0.5) is 0 Å². The minimum absolute atomic E-state index is 0.0701. The fourth-order valence-electron chi connectivity index (χ4n) is 3.66. The predicted molar refractivity (Wildman–Crippen MR) is 107 cm³/mol. The number of aromatic nitrogens is 1. The summed E-state index contributed by atoms with van der Waals surface area (Å²) in [6, 6.07) is 16.2. The van der Waals surface area contributed by atoms with Crippen LogP contribution < -0.4 is 4.74 Å². The van der Waals surface area contributed by atoms with Gasteiger partial charge in [0, 0.05) is 49.7 Å². The van der Waals surface area contributed by atoms with Gasteiger partial charge < -0.3 is 14.6 Å². The number of amides is 1. The molecule has 5 heteroatoms. The molecule has 1 aromatic heterocycles. The standard InChI is InChI=1S/C22H25N3O2/c1-16-5-3-4-6-18(16)15-24-9-11-25(12-10-24)22(26)21-13-17-7-8-19(27-2)14-20(17)23-21/h3-8,13-14,23H,9-12,15H2,1-2H3. The van der Waals surface area contributed by atoms with Crippen LogP contribution in [0.1, 0.15) is 21.6 Å². The normalized spacial score (nSPS) is 15.3. The molecule has 5 nitrogen and oxygen atoms in total. The first kappa shape index (κ1) is 17.6. The number of nitrogens with one attached hydrogen (secondary N) is 1. The molecule has 0 bridgehead atoms. The molecule has 3 aromatic rings. The first-order valence-corrected chi connectivity index (χ1v) is 9.37. The second-order valence-electron chi connectivity index (χ2n) is 7.13. The maximum absolute atomic E-state index is 12.9. The monoisotopic (exact) mass is 363 g/mol. The second kappa shape index (κ2) is 7.45. The summed E-state index contributed by atoms with van der Waals surface area (Å²) in [4.78, 5) is 20.5. The van der Waals surface area contributed by atoms with E-state index in [2.05, 4.69) is 41.1 Å². The van der Waals surface area contributed by atoms with Gasteiger partial charge in [-0.05, 0) is 36.2 Å². The number of hydrogen-bond acceptors (Lipinski definition) is 3. The Morgan fingerprint density at radius 1 is 1.07 bits per heavy atom. The van der Waals surface area contributed by atoms with Gasteiger partial charge in [0.1, 0.15) is 11.4 Å². The number of hydrogen-bond donors (Lipinski definition) is 1. The van der Waals surface area contributed by atoms with Gasteiger partial charge in [-0.2, -0.15) is 0 Å². The van der Waals surface area contributed by atoms with E-state index in [9.17, 15) is 4.79 Å². The average Bonchev–Trinajstić information content (AvgIpc) is 3.13. The van der Waals surface area contributed by atoms with Crippen LogP contribution in [0.5, 0.6) is 5.75 Å². The van der Waals surface area contributed by atoms with Crippen LogP contribution in [0, 0.1) is 6.92 Å². The third-order valence-corrected chi connectivity index (χ3v) is 5.37. The van der Waals surface area contributed by atoms with E-state index in [1.807, 2.05) is 29.2 Å². The quantitative estimate of drug-likeness (QED) is 0.772. The Labute approximate surface area is 159 Å². The smallest absolute Gasteiger partial charge is 0.270 e. The Bertz CT molecular complexity index is 955. The van der Waals surface area contributed by atoms with Crippen LogP contribution >= 0.6 is 0 Å². The van der Waals surface area contributed by atoms with Crippen molar-refractivity contribution in [2.75, 3.05) is 33.3 Å². The molecule has 0 saturated carbocycles. The van der Waals surface area contributed by atoms with E-state index in [0.717, 1.165) is 49.4 Å². The molecule has 0 aliphatic carbocycles. The van der Waals surface area contributed by atoms with E-state index in [1.165, 1.54) is 11.1 Å². The van der Waals surface area contributed by atoms with Crippen molar-refractivity contribution in [3.8, 4) is 5.75 Å². The maximum Gasteiger partial charge on any atom is 0.270 e. The van der Waals surface area contributed by atoms with Crippen molar-refractivity contribution in [1.29, 1.82) is 0 Å². The predicted octanol–water partition coefficient (Wildman–Crippen LogP) is 3.44. The molecule has 1 saturated heterocycles. The zero-order valence-electron chi connectivity index (χ0n) is 15.9. The summed E-state index contributed by atoms with van der Waals surface area (Å²) in [5, 5.41) is 1.03. The van der Waals surface area contributed by atoms with Crippen molar-refractivity contribution < 1.29 is 9.53 Å². The van der Waals surface area contributed by atoms with Gasteiger partial charge in [0.25, 0.3) is 5.91 Å². The van der Waals surface area contributed by atoms with Crippen molar-refractivity contribution in [2.24, 2.45) is 0 Å². The summed E-state index contributed by atoms with van der Waals surface area (Å²) < 4.78 is 5.26. The van der Waals surface area contributed by atoms with Crippen molar-refractivity contribution >= 4 is 16.8 Å². The molecule has 1 N–H and O–H groups in total. The van der Waals surface area contributed by atoms with E-state index in [0.29, 0.717) is 5.69 Å². The summed E-state index contributed by atoms with van der Waals surface area (Å²) in [5.74, 6) is 0.855. The lowest BCUT2D eigenvalue weighted by molar-refractivity contribution is 0.0623. The molecule has 0 spiro atoms. The topological polar surface area (TPSA) is 48.6 Å². The third kappa shape index (κ3) is 3.69. The van der Waals surface area contributed by atoms with Crippen LogP contribution in [-0.4, -0.2) is 54.0 Å². The highest BCUT2D eigenvalue weighted by Crippen LogP contribution is 2.22. The number of aromatic amines is 1. The third-order valence-electron chi connectivity index (χ3n) is 5.37. The number of rotatable bonds is 4. The molecular formula is C22H25N3O2. The van der Waals surface area contributed by atoms with Crippen molar-refractivity contribution in [3.63, 3.8) is 0 Å². The van der Waals surface area contributed by atoms with E-state index in [4.69, 9.17) is 4.74 Å². The number of aryl methyl sites for hydroxylation is 1. The first-order chi connectivity index (χ1) is 13.1. The minimum atomic E-state index is 0.0701. The molecule has 0 radical (unpaired) electrons. The van der Waals surface area contributed by atoms with Gasteiger partial charge in [-0.15, -0.1) is 0 Å². The van der Waals surface area contributed by atoms with Crippen molar-refractivity contribution in [2.45, 2.75) is 13.5 Å². The van der Waals surface area contributed by atoms with Crippen LogP contribution in [0.25, 0.3) is 10.9 Å². The lowest BCUT2D eigenvalue weighted by Gasteiger charge is -2.34. The number of ether oxygens (including phenoxy) is 1. The fraction of sp³-hybridized carbons (Fsp3) is 0.318. The Balaban J connectivity index is 1.40. The number of carbonyl (C=O) groups excluding carboxylic acids is 1. The highest BCUT2D eigenvalue weighted by molar-refractivity contribution is 5.98. The van der Waals surface area contributed by atoms with E-state index in [-0.39, 0.29) is 5.91 Å². The summed E-state index contributed by atoms with van der Waals surface area (Å²) in [6.07, 6.45) is 0. The average molecular weight is 363 g/mol. The molecule has 0 unspecified atom stereocenters. The maximum atomic E-state index is 12.9. The molecular weight excluding hydrogens is 338 g/mol. The van der Waals surface area contributed by atoms with Crippen LogP contribution in [0.3, 0.4) is 0 Å². The molecule has 0 atom stereocenters. The van der Waals surface area contributed by atoms with Gasteiger partial charge in [-0.3, -0.25) is 9.69 Å². The number of nitrogens with zero attached hydrogens (tertiary/aromatic N) is 2. The molecule has 1 fully saturated rings. The van der Waals surface area contributed by atoms with Gasteiger partial charge in [0.15, 0.2) is 0 Å². The molecule has 140 valence electrons. The molecule has 1 aliphatic heterocycles. The highest BCUT2D eigenvalue weighted by Gasteiger charge is 2.23. The summed E-state index contributed by atoms with van der Waals surface area (Å²) in [6.45, 7) is 6.40. The largest absolute Gasteiger partial charge is 0.497 e. The zero-order chi connectivity index (χ0) is 18.8. The highest BCUT2D eigenvalue weighted by atomic mass is 16.5. The van der Waals surface area contributed by atoms with E-state index in [1.54, 1.807) is 7.11 Å². The van der Waals surface area contributed by atoms with Gasteiger partial charge in [0.05, 0.1) is 7.11 Å². The summed E-state index contributed by atoms with van der Waals surface area (Å²) in [5.41, 5.74) is 4.26. The van der Waals surface area contributed by atoms with E-state index >= 15 is 0 Å². The van der Waals surface area contributed by atoms with Gasteiger partial charge >= 0.3 is 0 Å². The second-order valence-corrected chi connectivity index (χ2v) is 7.13. The number of carbonyl (C=O) groups is 1. The number of benzene rings is 2. The minimum Gasteiger partial charge on any atom is -0.497 e. The zero-order valence-corrected chi connectivity index (χ0v) is 15.9. The first-order valence-electron chi connectivity index (χ1n) is 9.37. The molecule has 27 heavy (non-hydrogen) atoms. The molecule has 2 heterocycles.